The van der Waals surface area contributed by atoms with Crippen LogP contribution in [-0.4, -0.2) is 42.9 Å². The molecule has 1 aliphatic rings. The number of carbonyl (C=O) groups excluding carboxylic acids is 2. The van der Waals surface area contributed by atoms with Gasteiger partial charge in [-0.3, -0.25) is 9.59 Å². The van der Waals surface area contributed by atoms with Crippen LogP contribution in [0.2, 0.25) is 5.02 Å². The first kappa shape index (κ1) is 23.7. The molecule has 0 spiro atoms. The fraction of sp³-hybridized carbons (Fsp3) is 0.231. The summed E-state index contributed by atoms with van der Waals surface area (Å²) >= 11 is 6.28. The molecule has 34 heavy (non-hydrogen) atoms. The minimum absolute atomic E-state index is 0.255. The summed E-state index contributed by atoms with van der Waals surface area (Å²) in [5.74, 6) is -0.0655. The summed E-state index contributed by atoms with van der Waals surface area (Å²) < 4.78 is 19.6. The van der Waals surface area contributed by atoms with E-state index in [1.54, 1.807) is 36.4 Å². The lowest BCUT2D eigenvalue weighted by molar-refractivity contribution is -0.110. The lowest BCUT2D eigenvalue weighted by Crippen LogP contribution is -2.34. The molecule has 1 aliphatic heterocycles. The van der Waals surface area contributed by atoms with E-state index in [0.29, 0.717) is 51.0 Å². The summed E-state index contributed by atoms with van der Waals surface area (Å²) in [5, 5.41) is 5.97. The number of anilines is 1. The molecule has 0 fully saturated rings. The summed E-state index contributed by atoms with van der Waals surface area (Å²) in [4.78, 5) is 27.3. The average molecular weight is 482 g/mol. The van der Waals surface area contributed by atoms with E-state index in [4.69, 9.17) is 16.0 Å². The molecule has 0 saturated heterocycles. The van der Waals surface area contributed by atoms with Crippen LogP contribution in [0.5, 0.6) is 0 Å². The van der Waals surface area contributed by atoms with Crippen molar-refractivity contribution in [1.29, 1.82) is 0 Å². The molecule has 8 heteroatoms. The van der Waals surface area contributed by atoms with Crippen LogP contribution >= 0.6 is 11.6 Å². The first-order chi connectivity index (χ1) is 16.4. The number of likely N-dealkylation sites (N-methyl/N-ethyl adjacent to an activating group) is 1. The number of amides is 2. The molecule has 4 rings (SSSR count). The molecule has 0 aliphatic carbocycles. The van der Waals surface area contributed by atoms with Crippen molar-refractivity contribution in [2.45, 2.75) is 13.8 Å². The SMILES string of the molecule is CCN(CC)CCNC(=O)c1cc(-c2ccc(C=C3C(=O)Nc4ccc(F)cc43)o2)ccc1Cl. The Labute approximate surface area is 202 Å². The molecule has 0 bridgehead atoms. The van der Waals surface area contributed by atoms with E-state index in [1.807, 2.05) is 0 Å². The van der Waals surface area contributed by atoms with E-state index in [0.717, 1.165) is 19.6 Å². The molecule has 2 heterocycles. The Bertz CT molecular complexity index is 1260. The van der Waals surface area contributed by atoms with Gasteiger partial charge in [0.05, 0.1) is 16.2 Å². The van der Waals surface area contributed by atoms with Gasteiger partial charge in [-0.05, 0) is 67.7 Å². The Hall–Kier alpha value is -3.42. The number of hydrogen-bond acceptors (Lipinski definition) is 4. The highest BCUT2D eigenvalue weighted by molar-refractivity contribution is 6.35. The third-order valence-electron chi connectivity index (χ3n) is 5.78. The number of fused-ring (bicyclic) bond motifs is 1. The van der Waals surface area contributed by atoms with Gasteiger partial charge in [-0.15, -0.1) is 0 Å². The van der Waals surface area contributed by atoms with Crippen LogP contribution in [0, 0.1) is 5.82 Å². The zero-order chi connectivity index (χ0) is 24.2. The maximum Gasteiger partial charge on any atom is 0.256 e. The first-order valence-electron chi connectivity index (χ1n) is 11.1. The van der Waals surface area contributed by atoms with Crippen molar-refractivity contribution in [3.63, 3.8) is 0 Å². The van der Waals surface area contributed by atoms with Crippen molar-refractivity contribution < 1.29 is 18.4 Å². The van der Waals surface area contributed by atoms with Gasteiger partial charge in [-0.25, -0.2) is 4.39 Å². The molecule has 0 saturated carbocycles. The Balaban J connectivity index is 1.53. The van der Waals surface area contributed by atoms with E-state index in [1.165, 1.54) is 18.2 Å². The highest BCUT2D eigenvalue weighted by Crippen LogP contribution is 2.34. The molecule has 0 atom stereocenters. The molecule has 6 nitrogen and oxygen atoms in total. The van der Waals surface area contributed by atoms with Crippen molar-refractivity contribution >= 4 is 40.8 Å². The minimum atomic E-state index is -0.426. The highest BCUT2D eigenvalue weighted by atomic mass is 35.5. The van der Waals surface area contributed by atoms with Crippen molar-refractivity contribution in [2.24, 2.45) is 0 Å². The Kier molecular flexibility index (Phi) is 7.14. The van der Waals surface area contributed by atoms with Crippen molar-refractivity contribution in [2.75, 3.05) is 31.5 Å². The van der Waals surface area contributed by atoms with Crippen molar-refractivity contribution in [3.05, 3.63) is 76.3 Å². The van der Waals surface area contributed by atoms with E-state index >= 15 is 0 Å². The lowest BCUT2D eigenvalue weighted by atomic mass is 10.1. The number of carbonyl (C=O) groups is 2. The minimum Gasteiger partial charge on any atom is -0.457 e. The van der Waals surface area contributed by atoms with Crippen LogP contribution in [0.4, 0.5) is 10.1 Å². The zero-order valence-corrected chi connectivity index (χ0v) is 19.7. The third kappa shape index (κ3) is 5.05. The number of furan rings is 1. The second-order valence-corrected chi connectivity index (χ2v) is 8.29. The molecule has 176 valence electrons. The Morgan fingerprint density at radius 2 is 1.94 bits per heavy atom. The maximum absolute atomic E-state index is 13.7. The van der Waals surface area contributed by atoms with Gasteiger partial charge in [0.1, 0.15) is 17.3 Å². The molecule has 1 aromatic heterocycles. The summed E-state index contributed by atoms with van der Waals surface area (Å²) in [6.07, 6.45) is 1.57. The maximum atomic E-state index is 13.7. The van der Waals surface area contributed by atoms with Crippen LogP contribution in [0.1, 0.15) is 35.5 Å². The van der Waals surface area contributed by atoms with E-state index in [9.17, 15) is 14.0 Å². The monoisotopic (exact) mass is 481 g/mol. The van der Waals surface area contributed by atoms with Gasteiger partial charge in [0, 0.05) is 29.9 Å². The van der Waals surface area contributed by atoms with Gasteiger partial charge in [0.15, 0.2) is 0 Å². The standard InChI is InChI=1S/C26H25ClFN3O3/c1-3-31(4-2)12-11-29-25(32)21-13-16(5-8-22(21)27)24-10-7-18(34-24)15-20-19-14-17(28)6-9-23(19)30-26(20)33/h5-10,13-15H,3-4,11-12H2,1-2H3,(H,29,32)(H,30,33). The third-order valence-corrected chi connectivity index (χ3v) is 6.11. The predicted octanol–water partition coefficient (Wildman–Crippen LogP) is 5.30. The first-order valence-corrected chi connectivity index (χ1v) is 11.5. The van der Waals surface area contributed by atoms with Crippen LogP contribution in [0.25, 0.3) is 23.0 Å². The molecule has 2 amide bonds. The number of nitrogens with zero attached hydrogens (tertiary/aromatic N) is 1. The van der Waals surface area contributed by atoms with Crippen LogP contribution < -0.4 is 10.6 Å². The van der Waals surface area contributed by atoms with Gasteiger partial charge < -0.3 is 20.0 Å². The summed E-state index contributed by atoms with van der Waals surface area (Å²) in [7, 11) is 0. The molecule has 2 N–H and O–H groups in total. The van der Waals surface area contributed by atoms with Gasteiger partial charge >= 0.3 is 0 Å². The Morgan fingerprint density at radius 1 is 1.15 bits per heavy atom. The molecule has 0 radical (unpaired) electrons. The highest BCUT2D eigenvalue weighted by Gasteiger charge is 2.25. The van der Waals surface area contributed by atoms with Crippen LogP contribution in [-0.2, 0) is 4.79 Å². The molecule has 3 aromatic rings. The summed E-state index contributed by atoms with van der Waals surface area (Å²) in [6, 6.07) is 12.7. The fourth-order valence-corrected chi connectivity index (χ4v) is 4.05. The topological polar surface area (TPSA) is 74.6 Å². The van der Waals surface area contributed by atoms with Crippen molar-refractivity contribution in [1.82, 2.24) is 10.2 Å². The van der Waals surface area contributed by atoms with Gasteiger partial charge in [0.2, 0.25) is 0 Å². The van der Waals surface area contributed by atoms with Crippen LogP contribution in [0.15, 0.2) is 52.9 Å². The number of hydrogen-bond donors (Lipinski definition) is 2. The zero-order valence-electron chi connectivity index (χ0n) is 19.0. The van der Waals surface area contributed by atoms with Gasteiger partial charge in [-0.2, -0.15) is 0 Å². The van der Waals surface area contributed by atoms with Crippen molar-refractivity contribution in [3.8, 4) is 11.3 Å². The fourth-order valence-electron chi connectivity index (χ4n) is 3.85. The molecule has 2 aromatic carbocycles. The molecular formula is C26H25ClFN3O3. The van der Waals surface area contributed by atoms with Crippen LogP contribution in [0.3, 0.4) is 0 Å². The number of halogens is 2. The smallest absolute Gasteiger partial charge is 0.256 e. The number of nitrogens with one attached hydrogen (secondary N) is 2. The van der Waals surface area contributed by atoms with E-state index < -0.39 is 5.82 Å². The predicted molar refractivity (Wildman–Crippen MR) is 132 cm³/mol. The summed E-state index contributed by atoms with van der Waals surface area (Å²) in [6.45, 7) is 7.27. The average Bonchev–Trinajstić information content (AvgIpc) is 3.41. The second-order valence-electron chi connectivity index (χ2n) is 7.88. The summed E-state index contributed by atoms with van der Waals surface area (Å²) in [5.41, 5.74) is 2.39. The quantitative estimate of drug-likeness (QED) is 0.428. The van der Waals surface area contributed by atoms with E-state index in [-0.39, 0.29) is 11.8 Å². The number of benzene rings is 2. The normalized spacial score (nSPS) is 13.9. The van der Waals surface area contributed by atoms with E-state index in [2.05, 4.69) is 29.4 Å². The largest absolute Gasteiger partial charge is 0.457 e. The Morgan fingerprint density at radius 3 is 2.71 bits per heavy atom. The molecular weight excluding hydrogens is 457 g/mol. The van der Waals surface area contributed by atoms with Gasteiger partial charge in [0.25, 0.3) is 11.8 Å². The second kappa shape index (κ2) is 10.2. The number of rotatable bonds is 8. The van der Waals surface area contributed by atoms with Gasteiger partial charge in [-0.1, -0.05) is 25.4 Å². The molecule has 0 unspecified atom stereocenters. The lowest BCUT2D eigenvalue weighted by Gasteiger charge is -2.18.